The van der Waals surface area contributed by atoms with Gasteiger partial charge in [0.2, 0.25) is 6.20 Å². The average molecular weight is 569 g/mol. The summed E-state index contributed by atoms with van der Waals surface area (Å²) in [5.74, 6) is -0.755. The molecule has 0 saturated carbocycles. The Bertz CT molecular complexity index is 1690. The molecule has 0 saturated heterocycles. The predicted molar refractivity (Wildman–Crippen MR) is 132 cm³/mol. The van der Waals surface area contributed by atoms with E-state index in [2.05, 4.69) is 30.3 Å². The number of nitriles is 1. The van der Waals surface area contributed by atoms with Gasteiger partial charge in [0.05, 0.1) is 34.6 Å². The van der Waals surface area contributed by atoms with Gasteiger partial charge in [-0.1, -0.05) is 11.6 Å². The molecule has 0 fully saturated rings. The van der Waals surface area contributed by atoms with Crippen LogP contribution in [0.3, 0.4) is 0 Å². The molecule has 1 unspecified atom stereocenters. The number of hydrogen-bond acceptors (Lipinski definition) is 8. The minimum Gasteiger partial charge on any atom is -0.323 e. The van der Waals surface area contributed by atoms with E-state index in [1.54, 1.807) is 18.3 Å². The summed E-state index contributed by atoms with van der Waals surface area (Å²) in [4.78, 5) is 3.95. The molecule has 0 aliphatic heterocycles. The summed E-state index contributed by atoms with van der Waals surface area (Å²) in [5.41, 5.74) is 2.29. The second-order valence-corrected chi connectivity index (χ2v) is 8.79. The van der Waals surface area contributed by atoms with E-state index in [0.717, 1.165) is 4.73 Å². The zero-order valence-corrected chi connectivity index (χ0v) is 21.1. The second kappa shape index (κ2) is 11.5. The Kier molecular flexibility index (Phi) is 7.67. The Morgan fingerprint density at radius 1 is 1.15 bits per heavy atom. The maximum atomic E-state index is 15.2. The monoisotopic (exact) mass is 568 g/mol. The van der Waals surface area contributed by atoms with Crippen molar-refractivity contribution < 1.29 is 27.8 Å². The van der Waals surface area contributed by atoms with Crippen molar-refractivity contribution in [2.24, 2.45) is 0 Å². The third-order valence-electron chi connectivity index (χ3n) is 6.02. The minimum absolute atomic E-state index is 0.00651. The van der Waals surface area contributed by atoms with E-state index in [-0.39, 0.29) is 46.3 Å². The SMILES string of the molecule is N#Cc1cc(-c2cnn(C(CCOC(F)F)c3ccc(-c4c(-n5cnnn5)ccc(Cl)c4F)c[n+]3O)c2)ccn1. The molecule has 0 spiro atoms. The normalized spacial score (nSPS) is 12.0. The molecule has 0 amide bonds. The molecule has 4 heterocycles. The Morgan fingerprint density at radius 2 is 2.00 bits per heavy atom. The molecule has 202 valence electrons. The number of tetrazole rings is 1. The summed E-state index contributed by atoms with van der Waals surface area (Å²) in [6, 6.07) is 10.4. The van der Waals surface area contributed by atoms with Crippen LogP contribution in [-0.4, -0.2) is 53.4 Å². The fourth-order valence-corrected chi connectivity index (χ4v) is 4.36. The van der Waals surface area contributed by atoms with Crippen LogP contribution in [0.15, 0.2) is 67.5 Å². The molecule has 1 aromatic carbocycles. The molecule has 0 aliphatic carbocycles. The van der Waals surface area contributed by atoms with Gasteiger partial charge in [-0.3, -0.25) is 9.89 Å². The molecule has 0 radical (unpaired) electrons. The fraction of sp³-hybridized carbons (Fsp3) is 0.160. The number of pyridine rings is 2. The summed E-state index contributed by atoms with van der Waals surface area (Å²) < 4.78 is 48.6. The molecular formula is C25H18ClF3N9O2+. The Labute approximate surface area is 229 Å². The molecule has 40 heavy (non-hydrogen) atoms. The van der Waals surface area contributed by atoms with Crippen molar-refractivity contribution in [3.63, 3.8) is 0 Å². The van der Waals surface area contributed by atoms with Crippen LogP contribution in [0.4, 0.5) is 13.2 Å². The van der Waals surface area contributed by atoms with Crippen LogP contribution in [0.2, 0.25) is 5.02 Å². The number of benzene rings is 1. The van der Waals surface area contributed by atoms with Gasteiger partial charge in [0.15, 0.2) is 5.82 Å². The van der Waals surface area contributed by atoms with E-state index < -0.39 is 18.5 Å². The maximum Gasteiger partial charge on any atom is 0.345 e. The molecule has 15 heteroatoms. The number of aromatic nitrogens is 8. The molecule has 0 bridgehead atoms. The van der Waals surface area contributed by atoms with Crippen molar-refractivity contribution in [3.05, 3.63) is 89.7 Å². The van der Waals surface area contributed by atoms with Crippen molar-refractivity contribution in [2.45, 2.75) is 19.1 Å². The lowest BCUT2D eigenvalue weighted by Crippen LogP contribution is -2.38. The lowest BCUT2D eigenvalue weighted by atomic mass is 10.0. The van der Waals surface area contributed by atoms with Crippen LogP contribution in [0, 0.1) is 17.1 Å². The molecule has 1 atom stereocenters. The van der Waals surface area contributed by atoms with Crippen molar-refractivity contribution in [2.75, 3.05) is 6.61 Å². The highest BCUT2D eigenvalue weighted by Crippen LogP contribution is 2.33. The highest BCUT2D eigenvalue weighted by Gasteiger charge is 2.28. The molecular weight excluding hydrogens is 551 g/mol. The summed E-state index contributed by atoms with van der Waals surface area (Å²) in [6.45, 7) is -3.33. The Morgan fingerprint density at radius 3 is 2.73 bits per heavy atom. The zero-order chi connectivity index (χ0) is 28.2. The number of alkyl halides is 2. The minimum atomic E-state index is -2.98. The van der Waals surface area contributed by atoms with Gasteiger partial charge in [0.25, 0.3) is 5.69 Å². The van der Waals surface area contributed by atoms with Gasteiger partial charge in [0, 0.05) is 35.2 Å². The molecule has 11 nitrogen and oxygen atoms in total. The molecule has 1 N–H and O–H groups in total. The quantitative estimate of drug-likeness (QED) is 0.208. The van der Waals surface area contributed by atoms with Crippen LogP contribution in [0.5, 0.6) is 0 Å². The van der Waals surface area contributed by atoms with Gasteiger partial charge in [-0.05, 0) is 46.3 Å². The highest BCUT2D eigenvalue weighted by molar-refractivity contribution is 6.31. The topological polar surface area (TPSA) is 131 Å². The maximum absolute atomic E-state index is 15.2. The first-order valence-corrected chi connectivity index (χ1v) is 12.0. The fourth-order valence-electron chi connectivity index (χ4n) is 4.20. The van der Waals surface area contributed by atoms with Crippen LogP contribution in [0.1, 0.15) is 23.9 Å². The molecule has 0 aliphatic rings. The smallest absolute Gasteiger partial charge is 0.323 e. The van der Waals surface area contributed by atoms with Crippen LogP contribution in [0.25, 0.3) is 27.9 Å². The van der Waals surface area contributed by atoms with E-state index in [1.165, 1.54) is 58.5 Å². The molecule has 4 aromatic heterocycles. The second-order valence-electron chi connectivity index (χ2n) is 8.38. The lowest BCUT2D eigenvalue weighted by Gasteiger charge is -2.15. The third-order valence-corrected chi connectivity index (χ3v) is 6.31. The van der Waals surface area contributed by atoms with Crippen molar-refractivity contribution >= 4 is 11.6 Å². The Balaban J connectivity index is 1.54. The van der Waals surface area contributed by atoms with Gasteiger partial charge in [0.1, 0.15) is 24.1 Å². The largest absolute Gasteiger partial charge is 0.345 e. The average Bonchev–Trinajstić information content (AvgIpc) is 3.66. The van der Waals surface area contributed by atoms with Crippen molar-refractivity contribution in [1.82, 2.24) is 35.0 Å². The van der Waals surface area contributed by atoms with Crippen LogP contribution < -0.4 is 4.73 Å². The van der Waals surface area contributed by atoms with Gasteiger partial charge in [-0.25, -0.2) is 9.37 Å². The van der Waals surface area contributed by atoms with Gasteiger partial charge >= 0.3 is 6.61 Å². The number of halogens is 4. The van der Waals surface area contributed by atoms with Crippen LogP contribution >= 0.6 is 11.6 Å². The first-order chi connectivity index (χ1) is 19.4. The van der Waals surface area contributed by atoms with Crippen LogP contribution in [-0.2, 0) is 4.74 Å². The molecule has 5 aromatic rings. The predicted octanol–water partition coefficient (Wildman–Crippen LogP) is 4.00. The van der Waals surface area contributed by atoms with Gasteiger partial charge < -0.3 is 4.74 Å². The summed E-state index contributed by atoms with van der Waals surface area (Å²) >= 11 is 6.04. The van der Waals surface area contributed by atoms with E-state index in [9.17, 15) is 14.0 Å². The summed E-state index contributed by atoms with van der Waals surface area (Å²) in [5, 5.41) is 35.3. The van der Waals surface area contributed by atoms with E-state index >= 15 is 4.39 Å². The lowest BCUT2D eigenvalue weighted by molar-refractivity contribution is -0.910. The van der Waals surface area contributed by atoms with Gasteiger partial charge in [-0.2, -0.15) is 23.8 Å². The standard InChI is InChI=1S/C25H18ClF3N9O2/c26-19-2-4-22(37-14-32-34-35-37)23(24(19)27)16-1-3-21(38(39)13-16)20(6-8-40-25(28)29)36-12-17(11-33-36)15-5-7-31-18(9-15)10-30/h1-5,7,9,11-14,20,25,39H,6,8H2/q+1. The van der Waals surface area contributed by atoms with E-state index in [4.69, 9.17) is 16.9 Å². The number of nitrogens with zero attached hydrogens (tertiary/aromatic N) is 9. The van der Waals surface area contributed by atoms with Crippen molar-refractivity contribution in [3.8, 4) is 34.0 Å². The molecule has 5 rings (SSSR count). The van der Waals surface area contributed by atoms with Crippen molar-refractivity contribution in [1.29, 1.82) is 5.26 Å². The number of ether oxygens (including phenoxy) is 1. The number of hydrogen-bond donors (Lipinski definition) is 1. The van der Waals surface area contributed by atoms with Gasteiger partial charge in [-0.15, -0.1) is 5.10 Å². The zero-order valence-electron chi connectivity index (χ0n) is 20.3. The summed E-state index contributed by atoms with van der Waals surface area (Å²) in [7, 11) is 0. The third kappa shape index (κ3) is 5.46. The Hall–Kier alpha value is -4.87. The van der Waals surface area contributed by atoms with E-state index in [1.807, 2.05) is 6.07 Å². The number of rotatable bonds is 9. The first-order valence-electron chi connectivity index (χ1n) is 11.6. The highest BCUT2D eigenvalue weighted by atomic mass is 35.5. The first kappa shape index (κ1) is 26.7. The summed E-state index contributed by atoms with van der Waals surface area (Å²) in [6.07, 6.45) is 7.21. The van der Waals surface area contributed by atoms with E-state index in [0.29, 0.717) is 11.1 Å².